The summed E-state index contributed by atoms with van der Waals surface area (Å²) in [6.45, 7) is 10.6. The van der Waals surface area contributed by atoms with Gasteiger partial charge in [-0.2, -0.15) is 0 Å². The van der Waals surface area contributed by atoms with Crippen molar-refractivity contribution in [2.24, 2.45) is 10.9 Å². The molecule has 0 atom stereocenters. The third kappa shape index (κ3) is 7.84. The molecule has 6 nitrogen and oxygen atoms in total. The lowest BCUT2D eigenvalue weighted by atomic mass is 10.0. The number of carbonyl (C=O) groups excluding carboxylic acids is 1. The Morgan fingerprint density at radius 2 is 1.89 bits per heavy atom. The molecule has 1 heterocycles. The Labute approximate surface area is 168 Å². The Bertz CT molecular complexity index is 624. The minimum absolute atomic E-state index is 0.00423. The Morgan fingerprint density at radius 1 is 1.21 bits per heavy atom. The largest absolute Gasteiger partial charge is 0.357 e. The molecule has 7 heteroatoms. The minimum atomic E-state index is -0.189. The lowest BCUT2D eigenvalue weighted by Gasteiger charge is -2.33. The molecule has 0 saturated carbocycles. The van der Waals surface area contributed by atoms with E-state index in [0.29, 0.717) is 19.1 Å². The predicted octanol–water partition coefficient (Wildman–Crippen LogP) is 2.12. The van der Waals surface area contributed by atoms with E-state index in [1.807, 2.05) is 32.9 Å². The molecule has 1 aliphatic rings. The first-order valence-corrected chi connectivity index (χ1v) is 10.3. The van der Waals surface area contributed by atoms with Crippen LogP contribution in [0.5, 0.6) is 0 Å². The van der Waals surface area contributed by atoms with Crippen molar-refractivity contribution in [1.29, 1.82) is 0 Å². The van der Waals surface area contributed by atoms with Crippen LogP contribution in [0.15, 0.2) is 29.3 Å². The van der Waals surface area contributed by atoms with Crippen LogP contribution in [0.25, 0.3) is 0 Å². The maximum atomic E-state index is 13.0. The van der Waals surface area contributed by atoms with Gasteiger partial charge < -0.3 is 16.0 Å². The molecule has 28 heavy (non-hydrogen) atoms. The number of nitrogens with one attached hydrogen (secondary N) is 3. The summed E-state index contributed by atoms with van der Waals surface area (Å²) < 4.78 is 13.0. The van der Waals surface area contributed by atoms with Crippen molar-refractivity contribution in [2.45, 2.75) is 46.2 Å². The molecule has 0 bridgehead atoms. The number of guanidine groups is 1. The van der Waals surface area contributed by atoms with E-state index in [4.69, 9.17) is 0 Å². The first-order valence-electron chi connectivity index (χ1n) is 10.3. The van der Waals surface area contributed by atoms with Crippen LogP contribution >= 0.6 is 0 Å². The monoisotopic (exact) mass is 391 g/mol. The highest BCUT2D eigenvalue weighted by molar-refractivity contribution is 5.80. The zero-order valence-electron chi connectivity index (χ0n) is 17.3. The van der Waals surface area contributed by atoms with Crippen LogP contribution in [0.1, 0.15) is 39.2 Å². The highest BCUT2D eigenvalue weighted by Gasteiger charge is 2.20. The van der Waals surface area contributed by atoms with E-state index < -0.39 is 0 Å². The van der Waals surface area contributed by atoms with E-state index >= 15 is 0 Å². The van der Waals surface area contributed by atoms with Gasteiger partial charge in [0.15, 0.2) is 5.96 Å². The molecule has 1 aromatic carbocycles. The summed E-state index contributed by atoms with van der Waals surface area (Å²) in [4.78, 5) is 18.6. The van der Waals surface area contributed by atoms with E-state index in [-0.39, 0.29) is 17.6 Å². The molecular formula is C21H34FN5O. The lowest BCUT2D eigenvalue weighted by molar-refractivity contribution is -0.123. The van der Waals surface area contributed by atoms with Crippen LogP contribution < -0.4 is 16.0 Å². The number of aliphatic imine (C=N–C) groups is 1. The number of piperidine rings is 1. The van der Waals surface area contributed by atoms with Crippen LogP contribution in [0.3, 0.4) is 0 Å². The fourth-order valence-corrected chi connectivity index (χ4v) is 3.15. The maximum absolute atomic E-state index is 13.0. The standard InChI is InChI=1S/C21H34FN5O/c1-4-23-21(25-12-11-24-20(28)16(2)3)26-19-9-13-27(14-10-19)15-17-5-7-18(22)8-6-17/h5-8,16,19H,4,9-15H2,1-3H3,(H,24,28)(H2,23,25,26). The van der Waals surface area contributed by atoms with Gasteiger partial charge in [0.1, 0.15) is 5.82 Å². The first kappa shape index (κ1) is 22.1. The number of benzene rings is 1. The van der Waals surface area contributed by atoms with Crippen LogP contribution in [0.2, 0.25) is 0 Å². The second kappa shape index (κ2) is 11.6. The van der Waals surface area contributed by atoms with E-state index in [1.165, 1.54) is 12.1 Å². The number of hydrogen-bond acceptors (Lipinski definition) is 3. The zero-order valence-corrected chi connectivity index (χ0v) is 17.3. The number of carbonyl (C=O) groups is 1. The fraction of sp³-hybridized carbons (Fsp3) is 0.619. The molecule has 0 aliphatic carbocycles. The second-order valence-corrected chi connectivity index (χ2v) is 7.53. The van der Waals surface area contributed by atoms with Crippen LogP contribution in [-0.2, 0) is 11.3 Å². The van der Waals surface area contributed by atoms with Crippen molar-refractivity contribution in [2.75, 3.05) is 32.7 Å². The van der Waals surface area contributed by atoms with Crippen molar-refractivity contribution in [3.8, 4) is 0 Å². The normalized spacial score (nSPS) is 16.2. The summed E-state index contributed by atoms with van der Waals surface area (Å²) in [7, 11) is 0. The molecule has 1 fully saturated rings. The smallest absolute Gasteiger partial charge is 0.222 e. The van der Waals surface area contributed by atoms with E-state index in [0.717, 1.165) is 50.5 Å². The van der Waals surface area contributed by atoms with Gasteiger partial charge in [-0.25, -0.2) is 4.39 Å². The number of nitrogens with zero attached hydrogens (tertiary/aromatic N) is 2. The van der Waals surface area contributed by atoms with Gasteiger partial charge in [0, 0.05) is 44.7 Å². The van der Waals surface area contributed by atoms with E-state index in [1.54, 1.807) is 0 Å². The van der Waals surface area contributed by atoms with Gasteiger partial charge >= 0.3 is 0 Å². The SMILES string of the molecule is CCNC(=NCCNC(=O)C(C)C)NC1CCN(Cc2ccc(F)cc2)CC1. The molecule has 0 aromatic heterocycles. The average molecular weight is 392 g/mol. The van der Waals surface area contributed by atoms with E-state index in [9.17, 15) is 9.18 Å². The van der Waals surface area contributed by atoms with Crippen LogP contribution in [0.4, 0.5) is 4.39 Å². The Hall–Kier alpha value is -2.15. The van der Waals surface area contributed by atoms with Crippen molar-refractivity contribution in [3.05, 3.63) is 35.6 Å². The van der Waals surface area contributed by atoms with Gasteiger partial charge in [-0.15, -0.1) is 0 Å². The molecular weight excluding hydrogens is 357 g/mol. The third-order valence-corrected chi connectivity index (χ3v) is 4.80. The molecule has 1 aliphatic heterocycles. The molecule has 1 aromatic rings. The van der Waals surface area contributed by atoms with Gasteiger partial charge in [0.05, 0.1) is 6.54 Å². The van der Waals surface area contributed by atoms with Gasteiger partial charge in [0.25, 0.3) is 0 Å². The summed E-state index contributed by atoms with van der Waals surface area (Å²) in [5.41, 5.74) is 1.14. The summed E-state index contributed by atoms with van der Waals surface area (Å²) in [6.07, 6.45) is 2.07. The van der Waals surface area contributed by atoms with Crippen molar-refractivity contribution >= 4 is 11.9 Å². The fourth-order valence-electron chi connectivity index (χ4n) is 3.15. The third-order valence-electron chi connectivity index (χ3n) is 4.80. The molecule has 156 valence electrons. The molecule has 0 radical (unpaired) electrons. The van der Waals surface area contributed by atoms with Gasteiger partial charge in [-0.1, -0.05) is 26.0 Å². The summed E-state index contributed by atoms with van der Waals surface area (Å²) in [5.74, 6) is 0.668. The van der Waals surface area contributed by atoms with Gasteiger partial charge in [-0.05, 0) is 37.5 Å². The molecule has 3 N–H and O–H groups in total. The highest BCUT2D eigenvalue weighted by atomic mass is 19.1. The lowest BCUT2D eigenvalue weighted by Crippen LogP contribution is -2.48. The molecule has 1 amide bonds. The molecule has 2 rings (SSSR count). The molecule has 0 spiro atoms. The van der Waals surface area contributed by atoms with Crippen molar-refractivity contribution < 1.29 is 9.18 Å². The number of hydrogen-bond donors (Lipinski definition) is 3. The van der Waals surface area contributed by atoms with Gasteiger partial charge in [-0.3, -0.25) is 14.7 Å². The van der Waals surface area contributed by atoms with Crippen LogP contribution in [0, 0.1) is 11.7 Å². The van der Waals surface area contributed by atoms with Gasteiger partial charge in [0.2, 0.25) is 5.91 Å². The highest BCUT2D eigenvalue weighted by Crippen LogP contribution is 2.14. The zero-order chi connectivity index (χ0) is 20.4. The number of halogens is 1. The summed E-state index contributed by atoms with van der Waals surface area (Å²) in [5, 5.41) is 9.67. The van der Waals surface area contributed by atoms with E-state index in [2.05, 4.69) is 25.8 Å². The van der Waals surface area contributed by atoms with Crippen LogP contribution in [-0.4, -0.2) is 55.5 Å². The second-order valence-electron chi connectivity index (χ2n) is 7.53. The van der Waals surface area contributed by atoms with Crippen molar-refractivity contribution in [3.63, 3.8) is 0 Å². The Kier molecular flexibility index (Phi) is 9.20. The molecule has 1 saturated heterocycles. The first-order chi connectivity index (χ1) is 13.5. The summed E-state index contributed by atoms with van der Waals surface area (Å²) >= 11 is 0. The maximum Gasteiger partial charge on any atom is 0.222 e. The Balaban J connectivity index is 1.74. The number of likely N-dealkylation sites (tertiary alicyclic amines) is 1. The number of amides is 1. The predicted molar refractivity (Wildman–Crippen MR) is 112 cm³/mol. The Morgan fingerprint density at radius 3 is 2.50 bits per heavy atom. The van der Waals surface area contributed by atoms with Crippen molar-refractivity contribution in [1.82, 2.24) is 20.9 Å². The minimum Gasteiger partial charge on any atom is -0.357 e. The molecule has 0 unspecified atom stereocenters. The quantitative estimate of drug-likeness (QED) is 0.361. The topological polar surface area (TPSA) is 68.8 Å². The average Bonchev–Trinajstić information content (AvgIpc) is 2.68. The number of rotatable bonds is 8. The summed E-state index contributed by atoms with van der Waals surface area (Å²) in [6, 6.07) is 7.13.